The van der Waals surface area contributed by atoms with Gasteiger partial charge in [-0.1, -0.05) is 24.1 Å². The van der Waals surface area contributed by atoms with Crippen molar-refractivity contribution in [2.45, 2.75) is 24.8 Å². The molecule has 0 aliphatic heterocycles. The SMILES string of the molecule is C#CCOS(O)(O)c1ccccc1.CC(C)OS(C)(O)O. The highest BCUT2D eigenvalue weighted by Crippen LogP contribution is 2.48. The first kappa shape index (κ1) is 20.2. The summed E-state index contributed by atoms with van der Waals surface area (Å²) in [5.74, 6) is 2.17. The number of terminal acetylenes is 1. The van der Waals surface area contributed by atoms with Crippen molar-refractivity contribution in [2.75, 3.05) is 12.9 Å². The first-order valence-corrected chi connectivity index (χ1v) is 9.26. The highest BCUT2D eigenvalue weighted by atomic mass is 32.3. The van der Waals surface area contributed by atoms with Gasteiger partial charge in [0.1, 0.15) is 17.5 Å². The third kappa shape index (κ3) is 10.6. The highest BCUT2D eigenvalue weighted by Gasteiger charge is 2.19. The van der Waals surface area contributed by atoms with E-state index in [1.807, 2.05) is 0 Å². The van der Waals surface area contributed by atoms with Gasteiger partial charge in [0.05, 0.1) is 21.9 Å². The minimum absolute atomic E-state index is 0.114. The molecule has 0 saturated heterocycles. The van der Waals surface area contributed by atoms with Crippen molar-refractivity contribution in [3.8, 4) is 12.3 Å². The van der Waals surface area contributed by atoms with Crippen LogP contribution in [0.2, 0.25) is 0 Å². The van der Waals surface area contributed by atoms with Crippen molar-refractivity contribution >= 4 is 21.7 Å². The molecule has 0 heterocycles. The summed E-state index contributed by atoms with van der Waals surface area (Å²) < 4.78 is 45.4. The van der Waals surface area contributed by atoms with Gasteiger partial charge in [-0.25, -0.2) is 0 Å². The lowest BCUT2D eigenvalue weighted by Crippen LogP contribution is -2.06. The van der Waals surface area contributed by atoms with Crippen molar-refractivity contribution in [3.63, 3.8) is 0 Å². The number of hydrogen-bond acceptors (Lipinski definition) is 6. The third-order valence-corrected chi connectivity index (χ3v) is 3.81. The molecular weight excluding hydrogens is 316 g/mol. The van der Waals surface area contributed by atoms with Crippen LogP contribution in [0.1, 0.15) is 13.8 Å². The van der Waals surface area contributed by atoms with Gasteiger partial charge in [0.2, 0.25) is 0 Å². The van der Waals surface area contributed by atoms with Gasteiger partial charge in [-0.15, -0.1) is 6.42 Å². The predicted octanol–water partition coefficient (Wildman–Crippen LogP) is 4.07. The summed E-state index contributed by atoms with van der Waals surface area (Å²) in [6.45, 7) is 3.38. The van der Waals surface area contributed by atoms with E-state index in [9.17, 15) is 9.11 Å². The Morgan fingerprint density at radius 2 is 1.67 bits per heavy atom. The van der Waals surface area contributed by atoms with Gasteiger partial charge in [0, 0.05) is 6.26 Å². The maximum Gasteiger partial charge on any atom is 0.125 e. The second kappa shape index (κ2) is 9.30. The Morgan fingerprint density at radius 1 is 1.14 bits per heavy atom. The van der Waals surface area contributed by atoms with E-state index in [4.69, 9.17) is 19.7 Å². The van der Waals surface area contributed by atoms with E-state index >= 15 is 0 Å². The zero-order valence-electron chi connectivity index (χ0n) is 12.2. The molecule has 21 heavy (non-hydrogen) atoms. The van der Waals surface area contributed by atoms with Gasteiger partial charge in [0.15, 0.2) is 0 Å². The Balaban J connectivity index is 0.000000433. The molecule has 8 heteroatoms. The zero-order chi connectivity index (χ0) is 16.5. The van der Waals surface area contributed by atoms with Gasteiger partial charge in [-0.2, -0.15) is 0 Å². The van der Waals surface area contributed by atoms with Crippen LogP contribution in [0.5, 0.6) is 0 Å². The predicted molar refractivity (Wildman–Crippen MR) is 87.3 cm³/mol. The second-order valence-electron chi connectivity index (χ2n) is 4.18. The maximum absolute atomic E-state index is 9.44. The summed E-state index contributed by atoms with van der Waals surface area (Å²) in [5, 5.41) is 0. The molecule has 0 aliphatic rings. The molecule has 1 aromatic carbocycles. The lowest BCUT2D eigenvalue weighted by atomic mass is 10.4. The summed E-state index contributed by atoms with van der Waals surface area (Å²) in [6, 6.07) is 8.32. The van der Waals surface area contributed by atoms with E-state index in [0.29, 0.717) is 4.90 Å². The van der Waals surface area contributed by atoms with Gasteiger partial charge < -0.3 is 18.2 Å². The van der Waals surface area contributed by atoms with Crippen LogP contribution in [-0.4, -0.2) is 37.2 Å². The van der Waals surface area contributed by atoms with Crippen LogP contribution in [0.15, 0.2) is 35.2 Å². The van der Waals surface area contributed by atoms with E-state index in [-0.39, 0.29) is 12.7 Å². The Hall–Kier alpha value is -0.760. The Morgan fingerprint density at radius 3 is 2.00 bits per heavy atom. The third-order valence-electron chi connectivity index (χ3n) is 1.73. The summed E-state index contributed by atoms with van der Waals surface area (Å²) in [7, 11) is -5.89. The molecule has 0 saturated carbocycles. The van der Waals surface area contributed by atoms with E-state index in [1.54, 1.807) is 44.2 Å². The van der Waals surface area contributed by atoms with E-state index in [0.717, 1.165) is 0 Å². The fourth-order valence-electron chi connectivity index (χ4n) is 1.15. The van der Waals surface area contributed by atoms with Gasteiger partial charge in [-0.05, 0) is 26.0 Å². The van der Waals surface area contributed by atoms with E-state index < -0.39 is 21.7 Å². The topological polar surface area (TPSA) is 99.4 Å². The van der Waals surface area contributed by atoms with Gasteiger partial charge >= 0.3 is 0 Å². The lowest BCUT2D eigenvalue weighted by Gasteiger charge is -2.25. The van der Waals surface area contributed by atoms with Crippen molar-refractivity contribution in [1.29, 1.82) is 0 Å². The Labute approximate surface area is 129 Å². The first-order chi connectivity index (χ1) is 9.58. The fourth-order valence-corrected chi connectivity index (χ4v) is 2.76. The first-order valence-electron chi connectivity index (χ1n) is 5.91. The molecule has 1 aromatic rings. The van der Waals surface area contributed by atoms with Crippen LogP contribution >= 0.6 is 21.7 Å². The van der Waals surface area contributed by atoms with Crippen LogP contribution in [0, 0.1) is 12.3 Å². The summed E-state index contributed by atoms with van der Waals surface area (Å²) >= 11 is 0. The molecule has 0 bridgehead atoms. The van der Waals surface area contributed by atoms with Crippen LogP contribution in [-0.2, 0) is 8.37 Å². The summed E-state index contributed by atoms with van der Waals surface area (Å²) in [5.41, 5.74) is 0. The molecular formula is C13H22O6S2. The number of rotatable bonds is 5. The Kier molecular flexibility index (Phi) is 8.96. The molecule has 122 valence electrons. The largest absolute Gasteiger partial charge is 0.308 e. The monoisotopic (exact) mass is 338 g/mol. The van der Waals surface area contributed by atoms with Crippen LogP contribution in [0.4, 0.5) is 0 Å². The maximum atomic E-state index is 9.44. The number of benzene rings is 1. The minimum Gasteiger partial charge on any atom is -0.308 e. The van der Waals surface area contributed by atoms with E-state index in [2.05, 4.69) is 10.1 Å². The average Bonchev–Trinajstić information content (AvgIpc) is 2.35. The molecule has 4 N–H and O–H groups in total. The molecule has 0 radical (unpaired) electrons. The zero-order valence-corrected chi connectivity index (χ0v) is 13.8. The Bertz CT molecular complexity index is 436. The highest BCUT2D eigenvalue weighted by molar-refractivity contribution is 8.20. The van der Waals surface area contributed by atoms with Crippen molar-refractivity contribution in [3.05, 3.63) is 30.3 Å². The van der Waals surface area contributed by atoms with Gasteiger partial charge in [0.25, 0.3) is 0 Å². The fraction of sp³-hybridized carbons (Fsp3) is 0.385. The molecule has 0 amide bonds. The molecule has 0 fully saturated rings. The summed E-state index contributed by atoms with van der Waals surface area (Å²) in [6.07, 6.45) is 6.07. The molecule has 0 atom stereocenters. The average molecular weight is 338 g/mol. The second-order valence-corrected chi connectivity index (χ2v) is 7.60. The van der Waals surface area contributed by atoms with Crippen molar-refractivity contribution < 1.29 is 26.6 Å². The molecule has 0 spiro atoms. The molecule has 0 unspecified atom stereocenters. The van der Waals surface area contributed by atoms with Crippen molar-refractivity contribution in [2.24, 2.45) is 0 Å². The van der Waals surface area contributed by atoms with Gasteiger partial charge in [-0.3, -0.25) is 8.37 Å². The molecule has 0 aliphatic carbocycles. The molecule has 1 rings (SSSR count). The molecule has 0 aromatic heterocycles. The lowest BCUT2D eigenvalue weighted by molar-refractivity contribution is 0.212. The number of hydrogen-bond donors (Lipinski definition) is 4. The van der Waals surface area contributed by atoms with Crippen LogP contribution in [0.3, 0.4) is 0 Å². The standard InChI is InChI=1S/C9H10O3S.C4H12O3S/c1-2-8-12-13(10,11)9-6-4-3-5-7-9;1-4(2)7-8(3,5)6/h1,3-7,10-11H,8H2;4-6H,1-3H3. The van der Waals surface area contributed by atoms with Crippen LogP contribution < -0.4 is 0 Å². The van der Waals surface area contributed by atoms with Crippen molar-refractivity contribution in [1.82, 2.24) is 0 Å². The normalized spacial score (nSPS) is 13.1. The smallest absolute Gasteiger partial charge is 0.125 e. The summed E-state index contributed by atoms with van der Waals surface area (Å²) in [4.78, 5) is 0.338. The van der Waals surface area contributed by atoms with E-state index in [1.165, 1.54) is 6.26 Å². The minimum atomic E-state index is -3.16. The quantitative estimate of drug-likeness (QED) is 0.604. The van der Waals surface area contributed by atoms with Crippen LogP contribution in [0.25, 0.3) is 0 Å². The molecule has 6 nitrogen and oxygen atoms in total.